The minimum absolute atomic E-state index is 0.0366. The maximum atomic E-state index is 13.1. The highest BCUT2D eigenvalue weighted by atomic mass is 35.5. The van der Waals surface area contributed by atoms with E-state index < -0.39 is 10.1 Å². The summed E-state index contributed by atoms with van der Waals surface area (Å²) in [5.74, 6) is 0.0743. The van der Waals surface area contributed by atoms with Crippen LogP contribution in [0, 0.1) is 6.92 Å². The lowest BCUT2D eigenvalue weighted by atomic mass is 10.2. The second-order valence-corrected chi connectivity index (χ2v) is 10.2. The summed E-state index contributed by atoms with van der Waals surface area (Å²) in [6.07, 6.45) is 1.57. The molecule has 0 atom stereocenters. The second kappa shape index (κ2) is 7.74. The molecule has 2 heterocycles. The third-order valence-corrected chi connectivity index (χ3v) is 7.37. The van der Waals surface area contributed by atoms with Gasteiger partial charge in [0.25, 0.3) is 5.56 Å². The van der Waals surface area contributed by atoms with Crippen molar-refractivity contribution >= 4 is 55.1 Å². The third kappa shape index (κ3) is 3.66. The van der Waals surface area contributed by atoms with Gasteiger partial charge >= 0.3 is 10.1 Å². The van der Waals surface area contributed by atoms with Gasteiger partial charge in [0.05, 0.1) is 15.6 Å². The fourth-order valence-corrected chi connectivity index (χ4v) is 5.44. The molecule has 0 aliphatic rings. The van der Waals surface area contributed by atoms with E-state index in [1.54, 1.807) is 28.7 Å². The molecule has 0 unspecified atom stereocenters. The van der Waals surface area contributed by atoms with Crippen molar-refractivity contribution in [3.05, 3.63) is 97.8 Å². The standard InChI is InChI=1S/C23H15ClN2O4S2/c1-14-6-9-17(10-7-14)32(28,29)30-20-11-8-16(24)12-15(20)13-21-22(27)26-19-5-3-2-4-18(19)25-23(26)31-21/h2-13H,1H3/b21-13+. The van der Waals surface area contributed by atoms with Crippen molar-refractivity contribution in [1.82, 2.24) is 9.38 Å². The Hall–Kier alpha value is -3.20. The van der Waals surface area contributed by atoms with Crippen molar-refractivity contribution in [2.24, 2.45) is 0 Å². The first-order valence-electron chi connectivity index (χ1n) is 9.54. The molecule has 0 fully saturated rings. The van der Waals surface area contributed by atoms with E-state index in [4.69, 9.17) is 15.8 Å². The van der Waals surface area contributed by atoms with Crippen molar-refractivity contribution in [2.45, 2.75) is 11.8 Å². The predicted molar refractivity (Wildman–Crippen MR) is 126 cm³/mol. The van der Waals surface area contributed by atoms with Gasteiger partial charge in [-0.1, -0.05) is 52.8 Å². The Labute approximate surface area is 192 Å². The molecule has 5 rings (SSSR count). The molecule has 32 heavy (non-hydrogen) atoms. The maximum absolute atomic E-state index is 13.1. The number of fused-ring (bicyclic) bond motifs is 3. The van der Waals surface area contributed by atoms with Gasteiger partial charge in [0.2, 0.25) is 0 Å². The van der Waals surface area contributed by atoms with Crippen molar-refractivity contribution in [3.63, 3.8) is 0 Å². The van der Waals surface area contributed by atoms with Crippen LogP contribution in [0.2, 0.25) is 5.02 Å². The minimum Gasteiger partial charge on any atom is -0.378 e. The summed E-state index contributed by atoms with van der Waals surface area (Å²) in [5.41, 5.74) is 2.51. The monoisotopic (exact) mass is 482 g/mol. The molecule has 6 nitrogen and oxygen atoms in total. The Morgan fingerprint density at radius 3 is 2.59 bits per heavy atom. The zero-order valence-electron chi connectivity index (χ0n) is 16.7. The molecule has 2 aromatic heterocycles. The van der Waals surface area contributed by atoms with Crippen LogP contribution in [-0.2, 0) is 10.1 Å². The highest BCUT2D eigenvalue weighted by Crippen LogP contribution is 2.27. The van der Waals surface area contributed by atoms with E-state index >= 15 is 0 Å². The average molecular weight is 483 g/mol. The number of imidazole rings is 1. The van der Waals surface area contributed by atoms with Gasteiger partial charge in [0.1, 0.15) is 10.6 Å². The third-order valence-electron chi connectivity index (χ3n) is 4.91. The molecule has 5 aromatic rings. The van der Waals surface area contributed by atoms with Crippen LogP contribution in [0.15, 0.2) is 76.4 Å². The van der Waals surface area contributed by atoms with Crippen LogP contribution in [-0.4, -0.2) is 17.8 Å². The van der Waals surface area contributed by atoms with Crippen LogP contribution >= 0.6 is 22.9 Å². The molecule has 0 saturated carbocycles. The van der Waals surface area contributed by atoms with Crippen LogP contribution in [0.25, 0.3) is 22.1 Å². The van der Waals surface area contributed by atoms with Crippen molar-refractivity contribution in [1.29, 1.82) is 0 Å². The van der Waals surface area contributed by atoms with Crippen molar-refractivity contribution in [3.8, 4) is 5.75 Å². The summed E-state index contributed by atoms with van der Waals surface area (Å²) in [7, 11) is -4.07. The van der Waals surface area contributed by atoms with Crippen LogP contribution in [0.4, 0.5) is 0 Å². The molecule has 0 aliphatic heterocycles. The maximum Gasteiger partial charge on any atom is 0.339 e. The summed E-state index contributed by atoms with van der Waals surface area (Å²) in [6, 6.07) is 18.3. The number of aryl methyl sites for hydroxylation is 1. The van der Waals surface area contributed by atoms with Gasteiger partial charge in [-0.3, -0.25) is 4.79 Å². The summed E-state index contributed by atoms with van der Waals surface area (Å²) in [6.45, 7) is 1.87. The van der Waals surface area contributed by atoms with Gasteiger partial charge in [-0.15, -0.1) is 0 Å². The lowest BCUT2D eigenvalue weighted by molar-refractivity contribution is 0.485. The van der Waals surface area contributed by atoms with E-state index in [0.717, 1.165) is 11.1 Å². The number of nitrogens with zero attached hydrogens (tertiary/aromatic N) is 2. The average Bonchev–Trinajstić information content (AvgIpc) is 3.26. The molecule has 9 heteroatoms. The SMILES string of the molecule is Cc1ccc(S(=O)(=O)Oc2ccc(Cl)cc2/C=c2/sc3nc4ccccc4n3c2=O)cc1. The van der Waals surface area contributed by atoms with Crippen LogP contribution in [0.5, 0.6) is 5.75 Å². The van der Waals surface area contributed by atoms with Gasteiger partial charge in [-0.05, 0) is 55.5 Å². The predicted octanol–water partition coefficient (Wildman–Crippen LogP) is 4.19. The fourth-order valence-electron chi connectivity index (χ4n) is 3.33. The van der Waals surface area contributed by atoms with Crippen molar-refractivity contribution in [2.75, 3.05) is 0 Å². The Bertz CT molecular complexity index is 1710. The number of rotatable bonds is 4. The van der Waals surface area contributed by atoms with E-state index in [-0.39, 0.29) is 16.2 Å². The number of benzene rings is 3. The Balaban J connectivity index is 1.63. The Morgan fingerprint density at radius 1 is 1.06 bits per heavy atom. The summed E-state index contributed by atoms with van der Waals surface area (Å²) in [4.78, 5) is 18.1. The lowest BCUT2D eigenvalue weighted by Gasteiger charge is -2.10. The number of hydrogen-bond donors (Lipinski definition) is 0. The normalized spacial score (nSPS) is 12.6. The number of hydrogen-bond acceptors (Lipinski definition) is 6. The summed E-state index contributed by atoms with van der Waals surface area (Å²) >= 11 is 7.36. The highest BCUT2D eigenvalue weighted by molar-refractivity contribution is 7.87. The lowest BCUT2D eigenvalue weighted by Crippen LogP contribution is -2.22. The van der Waals surface area contributed by atoms with Crippen LogP contribution < -0.4 is 14.3 Å². The molecule has 160 valence electrons. The quantitative estimate of drug-likeness (QED) is 0.359. The molecular formula is C23H15ClN2O4S2. The first-order valence-corrected chi connectivity index (χ1v) is 12.1. The van der Waals surface area contributed by atoms with Crippen molar-refractivity contribution < 1.29 is 12.6 Å². The van der Waals surface area contributed by atoms with Gasteiger partial charge in [-0.2, -0.15) is 8.42 Å². The Morgan fingerprint density at radius 2 is 1.81 bits per heavy atom. The first-order chi connectivity index (χ1) is 15.3. The Kier molecular flexibility index (Phi) is 5.00. The van der Waals surface area contributed by atoms with Gasteiger partial charge in [0.15, 0.2) is 4.96 Å². The molecule has 0 N–H and O–H groups in total. The minimum atomic E-state index is -4.07. The topological polar surface area (TPSA) is 77.7 Å². The van der Waals surface area contributed by atoms with Crippen LogP contribution in [0.3, 0.4) is 0 Å². The summed E-state index contributed by atoms with van der Waals surface area (Å²) < 4.78 is 32.9. The van der Waals surface area contributed by atoms with E-state index in [2.05, 4.69) is 4.98 Å². The van der Waals surface area contributed by atoms with Gasteiger partial charge < -0.3 is 4.18 Å². The largest absolute Gasteiger partial charge is 0.378 e. The molecule has 0 amide bonds. The molecular weight excluding hydrogens is 468 g/mol. The van der Waals surface area contributed by atoms with Crippen LogP contribution in [0.1, 0.15) is 11.1 Å². The van der Waals surface area contributed by atoms with Gasteiger partial charge in [-0.25, -0.2) is 9.38 Å². The molecule has 3 aromatic carbocycles. The van der Waals surface area contributed by atoms with Gasteiger partial charge in [0, 0.05) is 10.6 Å². The molecule has 0 spiro atoms. The highest BCUT2D eigenvalue weighted by Gasteiger charge is 2.19. The second-order valence-electron chi connectivity index (χ2n) is 7.17. The molecule has 0 radical (unpaired) electrons. The van der Waals surface area contributed by atoms with E-state index in [1.165, 1.54) is 35.6 Å². The number of halogens is 1. The smallest absolute Gasteiger partial charge is 0.339 e. The van der Waals surface area contributed by atoms with E-state index in [0.29, 0.717) is 25.6 Å². The number of thiazole rings is 1. The molecule has 0 aliphatic carbocycles. The van der Waals surface area contributed by atoms with E-state index in [1.807, 2.05) is 31.2 Å². The molecule has 0 bridgehead atoms. The molecule has 0 saturated heterocycles. The number of para-hydroxylation sites is 2. The fraction of sp³-hybridized carbons (Fsp3) is 0.0435. The summed E-state index contributed by atoms with van der Waals surface area (Å²) in [5, 5.41) is 0.385. The zero-order valence-corrected chi connectivity index (χ0v) is 19.0. The first kappa shape index (κ1) is 20.7. The zero-order chi connectivity index (χ0) is 22.5. The van der Waals surface area contributed by atoms with E-state index in [9.17, 15) is 13.2 Å². The number of aromatic nitrogens is 2.